The van der Waals surface area contributed by atoms with Crippen LogP contribution in [0.4, 0.5) is 0 Å². The number of ether oxygens (including phenoxy) is 2. The van der Waals surface area contributed by atoms with Crippen LogP contribution in [0.3, 0.4) is 0 Å². The molecule has 0 spiro atoms. The van der Waals surface area contributed by atoms with E-state index in [9.17, 15) is 0 Å². The number of aliphatic hydroxyl groups is 1. The highest BCUT2D eigenvalue weighted by Crippen LogP contribution is 2.16. The molecule has 100 valence electrons. The van der Waals surface area contributed by atoms with Gasteiger partial charge in [0.25, 0.3) is 0 Å². The van der Waals surface area contributed by atoms with Crippen molar-refractivity contribution in [3.05, 3.63) is 11.6 Å². The molecule has 0 amide bonds. The van der Waals surface area contributed by atoms with Gasteiger partial charge in [-0.1, -0.05) is 25.0 Å². The van der Waals surface area contributed by atoms with Crippen LogP contribution >= 0.6 is 0 Å². The van der Waals surface area contributed by atoms with Gasteiger partial charge in [0.2, 0.25) is 0 Å². The van der Waals surface area contributed by atoms with Crippen LogP contribution in [0.2, 0.25) is 0 Å². The maximum absolute atomic E-state index is 8.94. The van der Waals surface area contributed by atoms with Crippen molar-refractivity contribution in [2.45, 2.75) is 58.2 Å². The molecule has 1 heterocycles. The Morgan fingerprint density at radius 3 is 2.94 bits per heavy atom. The second-order valence-electron chi connectivity index (χ2n) is 4.57. The predicted octanol–water partition coefficient (Wildman–Crippen LogP) is 3.03. The fraction of sp³-hybridized carbons (Fsp3) is 0.857. The molecular weight excluding hydrogens is 216 g/mol. The molecule has 0 saturated carbocycles. The average molecular weight is 242 g/mol. The van der Waals surface area contributed by atoms with Crippen LogP contribution in [-0.2, 0) is 9.47 Å². The minimum absolute atomic E-state index is 0.00491. The van der Waals surface area contributed by atoms with Crippen molar-refractivity contribution >= 4 is 0 Å². The Kier molecular flexibility index (Phi) is 8.32. The summed E-state index contributed by atoms with van der Waals surface area (Å²) in [5.41, 5.74) is 1.31. The normalized spacial score (nSPS) is 21.8. The molecule has 0 aromatic heterocycles. The van der Waals surface area contributed by atoms with E-state index in [1.165, 1.54) is 24.8 Å². The van der Waals surface area contributed by atoms with Gasteiger partial charge in [-0.25, -0.2) is 0 Å². The molecule has 1 saturated heterocycles. The Hall–Kier alpha value is -0.380. The summed E-state index contributed by atoms with van der Waals surface area (Å²) < 4.78 is 11.2. The zero-order valence-corrected chi connectivity index (χ0v) is 11.0. The molecule has 1 rings (SSSR count). The van der Waals surface area contributed by atoms with Crippen LogP contribution in [0.5, 0.6) is 0 Å². The maximum atomic E-state index is 8.94. The quantitative estimate of drug-likeness (QED) is 0.665. The molecule has 1 N–H and O–H groups in total. The van der Waals surface area contributed by atoms with Crippen LogP contribution in [0.25, 0.3) is 0 Å². The van der Waals surface area contributed by atoms with E-state index in [4.69, 9.17) is 14.6 Å². The van der Waals surface area contributed by atoms with Crippen molar-refractivity contribution in [2.75, 3.05) is 19.8 Å². The van der Waals surface area contributed by atoms with Gasteiger partial charge in [0, 0.05) is 6.61 Å². The van der Waals surface area contributed by atoms with Gasteiger partial charge >= 0.3 is 0 Å². The van der Waals surface area contributed by atoms with E-state index in [1.54, 1.807) is 0 Å². The first kappa shape index (κ1) is 14.7. The fourth-order valence-electron chi connectivity index (χ4n) is 2.03. The van der Waals surface area contributed by atoms with Crippen LogP contribution in [0.15, 0.2) is 11.6 Å². The standard InChI is InChI=1S/C14H26O3/c1-2-3-6-13(8-10-15)9-12-17-14-7-4-5-11-16-14/h8,14-15H,2-7,9-12H2,1H3/b13-8+. The molecule has 1 aliphatic rings. The van der Waals surface area contributed by atoms with Crippen LogP contribution < -0.4 is 0 Å². The molecule has 1 atom stereocenters. The van der Waals surface area contributed by atoms with Crippen molar-refractivity contribution < 1.29 is 14.6 Å². The summed E-state index contributed by atoms with van der Waals surface area (Å²) in [6.07, 6.45) is 9.68. The summed E-state index contributed by atoms with van der Waals surface area (Å²) in [7, 11) is 0. The summed E-state index contributed by atoms with van der Waals surface area (Å²) in [4.78, 5) is 0. The summed E-state index contributed by atoms with van der Waals surface area (Å²) in [5, 5.41) is 8.94. The first-order valence-corrected chi connectivity index (χ1v) is 6.88. The zero-order chi connectivity index (χ0) is 12.3. The lowest BCUT2D eigenvalue weighted by Crippen LogP contribution is -2.22. The first-order chi connectivity index (χ1) is 8.36. The van der Waals surface area contributed by atoms with Gasteiger partial charge in [-0.2, -0.15) is 0 Å². The lowest BCUT2D eigenvalue weighted by molar-refractivity contribution is -0.161. The highest BCUT2D eigenvalue weighted by molar-refractivity contribution is 5.01. The van der Waals surface area contributed by atoms with E-state index in [-0.39, 0.29) is 12.9 Å². The maximum Gasteiger partial charge on any atom is 0.157 e. The number of unbranched alkanes of at least 4 members (excludes halogenated alkanes) is 1. The van der Waals surface area contributed by atoms with Gasteiger partial charge in [-0.3, -0.25) is 0 Å². The highest BCUT2D eigenvalue weighted by atomic mass is 16.7. The van der Waals surface area contributed by atoms with Gasteiger partial charge in [0.15, 0.2) is 6.29 Å². The Morgan fingerprint density at radius 2 is 2.29 bits per heavy atom. The molecule has 1 fully saturated rings. The van der Waals surface area contributed by atoms with Gasteiger partial charge < -0.3 is 14.6 Å². The van der Waals surface area contributed by atoms with E-state index in [2.05, 4.69) is 6.92 Å². The molecular formula is C14H26O3. The zero-order valence-electron chi connectivity index (χ0n) is 11.0. The van der Waals surface area contributed by atoms with Crippen LogP contribution in [0, 0.1) is 0 Å². The molecule has 0 aromatic carbocycles. The van der Waals surface area contributed by atoms with Gasteiger partial charge in [0.05, 0.1) is 13.2 Å². The van der Waals surface area contributed by atoms with E-state index >= 15 is 0 Å². The van der Waals surface area contributed by atoms with E-state index < -0.39 is 0 Å². The number of hydrogen-bond donors (Lipinski definition) is 1. The summed E-state index contributed by atoms with van der Waals surface area (Å²) in [6.45, 7) is 3.86. The van der Waals surface area contributed by atoms with Crippen LogP contribution in [0.1, 0.15) is 51.9 Å². The van der Waals surface area contributed by atoms with E-state index in [0.717, 1.165) is 32.3 Å². The first-order valence-electron chi connectivity index (χ1n) is 6.88. The molecule has 17 heavy (non-hydrogen) atoms. The topological polar surface area (TPSA) is 38.7 Å². The molecule has 3 heteroatoms. The van der Waals surface area contributed by atoms with E-state index in [0.29, 0.717) is 6.61 Å². The summed E-state index contributed by atoms with van der Waals surface area (Å²) in [6, 6.07) is 0. The lowest BCUT2D eigenvalue weighted by Gasteiger charge is -2.22. The number of hydrogen-bond acceptors (Lipinski definition) is 3. The van der Waals surface area contributed by atoms with Crippen LogP contribution in [-0.4, -0.2) is 31.2 Å². The average Bonchev–Trinajstić information content (AvgIpc) is 2.37. The van der Waals surface area contributed by atoms with Gasteiger partial charge in [0.1, 0.15) is 0 Å². The van der Waals surface area contributed by atoms with Gasteiger partial charge in [-0.15, -0.1) is 0 Å². The lowest BCUT2D eigenvalue weighted by atomic mass is 10.1. The van der Waals surface area contributed by atoms with Crippen molar-refractivity contribution in [1.82, 2.24) is 0 Å². The minimum atomic E-state index is 0.00491. The third kappa shape index (κ3) is 6.81. The Balaban J connectivity index is 2.14. The summed E-state index contributed by atoms with van der Waals surface area (Å²) in [5.74, 6) is 0. The SMILES string of the molecule is CCCC/C(=C\CO)CCOC1CCCCO1. The number of aliphatic hydroxyl groups excluding tert-OH is 1. The van der Waals surface area contributed by atoms with Crippen molar-refractivity contribution in [3.63, 3.8) is 0 Å². The third-order valence-corrected chi connectivity index (χ3v) is 3.10. The van der Waals surface area contributed by atoms with Crippen molar-refractivity contribution in [3.8, 4) is 0 Å². The monoisotopic (exact) mass is 242 g/mol. The third-order valence-electron chi connectivity index (χ3n) is 3.10. The largest absolute Gasteiger partial charge is 0.392 e. The number of rotatable bonds is 8. The minimum Gasteiger partial charge on any atom is -0.392 e. The van der Waals surface area contributed by atoms with Crippen molar-refractivity contribution in [1.29, 1.82) is 0 Å². The Bertz CT molecular complexity index is 208. The smallest absolute Gasteiger partial charge is 0.157 e. The Labute approximate surface area is 105 Å². The van der Waals surface area contributed by atoms with E-state index in [1.807, 2.05) is 6.08 Å². The second-order valence-corrected chi connectivity index (χ2v) is 4.57. The van der Waals surface area contributed by atoms with Gasteiger partial charge in [-0.05, 0) is 38.5 Å². The second kappa shape index (κ2) is 9.63. The molecule has 1 aliphatic heterocycles. The van der Waals surface area contributed by atoms with Crippen molar-refractivity contribution in [2.24, 2.45) is 0 Å². The molecule has 1 unspecified atom stereocenters. The molecule has 0 aliphatic carbocycles. The molecule has 0 radical (unpaired) electrons. The molecule has 0 bridgehead atoms. The summed E-state index contributed by atoms with van der Waals surface area (Å²) >= 11 is 0. The highest BCUT2D eigenvalue weighted by Gasteiger charge is 2.13. The predicted molar refractivity (Wildman–Crippen MR) is 68.9 cm³/mol. The molecule has 3 nitrogen and oxygen atoms in total. The molecule has 0 aromatic rings. The fourth-order valence-corrected chi connectivity index (χ4v) is 2.03. The Morgan fingerprint density at radius 1 is 1.41 bits per heavy atom.